The van der Waals surface area contributed by atoms with Crippen LogP contribution in [0.2, 0.25) is 0 Å². The molecule has 0 spiro atoms. The lowest BCUT2D eigenvalue weighted by Gasteiger charge is -2.13. The van der Waals surface area contributed by atoms with Crippen LogP contribution in [-0.4, -0.2) is 47.1 Å². The van der Waals surface area contributed by atoms with E-state index in [1.807, 2.05) is 66.1 Å². The van der Waals surface area contributed by atoms with E-state index in [1.54, 1.807) is 0 Å². The minimum Gasteiger partial charge on any atom is -0.494 e. The number of hydrogen-bond acceptors (Lipinski definition) is 6. The van der Waals surface area contributed by atoms with Gasteiger partial charge in [-0.15, -0.1) is 0 Å². The molecule has 7 nitrogen and oxygen atoms in total. The van der Waals surface area contributed by atoms with Crippen molar-refractivity contribution in [3.05, 3.63) is 67.1 Å². The lowest BCUT2D eigenvalue weighted by Crippen LogP contribution is -2.21. The number of aromatic nitrogens is 3. The summed E-state index contributed by atoms with van der Waals surface area (Å²) >= 11 is 0. The standard InChI is InChI=1S/C24H24N4O3S/c1-2-31-20-10-8-19(9-11-20)28-14-21(17-6-4-3-5-7-17)22-23(25-16-26-24(22)28)27-18-12-13-32(29,30)15-18/h3-11,14,16,18H,2,12-13,15H2,1H3,(H,25,26,27)/t18-/m1/s1. The van der Waals surface area contributed by atoms with Crippen LogP contribution in [0.25, 0.3) is 27.8 Å². The quantitative estimate of drug-likeness (QED) is 0.478. The molecule has 5 rings (SSSR count). The third-order valence-corrected chi connectivity index (χ3v) is 7.43. The van der Waals surface area contributed by atoms with Crippen molar-refractivity contribution in [1.29, 1.82) is 0 Å². The molecule has 0 saturated carbocycles. The van der Waals surface area contributed by atoms with Gasteiger partial charge in [-0.25, -0.2) is 18.4 Å². The van der Waals surface area contributed by atoms with Crippen LogP contribution in [0.3, 0.4) is 0 Å². The molecule has 4 aromatic rings. The normalized spacial score (nSPS) is 17.5. The maximum Gasteiger partial charge on any atom is 0.152 e. The number of benzene rings is 2. The Balaban J connectivity index is 1.64. The van der Waals surface area contributed by atoms with Crippen LogP contribution in [0, 0.1) is 0 Å². The molecule has 0 aliphatic carbocycles. The predicted molar refractivity (Wildman–Crippen MR) is 126 cm³/mol. The molecule has 0 bridgehead atoms. The fraction of sp³-hybridized carbons (Fsp3) is 0.250. The molecule has 1 fully saturated rings. The highest BCUT2D eigenvalue weighted by molar-refractivity contribution is 7.91. The van der Waals surface area contributed by atoms with Gasteiger partial charge in [0.25, 0.3) is 0 Å². The summed E-state index contributed by atoms with van der Waals surface area (Å²) in [6.07, 6.45) is 4.16. The fourth-order valence-corrected chi connectivity index (χ4v) is 5.85. The number of hydrogen-bond donors (Lipinski definition) is 1. The SMILES string of the molecule is CCOc1ccc(-n2cc(-c3ccccc3)c3c(N[C@@H]4CCS(=O)(=O)C4)ncnc32)cc1. The van der Waals surface area contributed by atoms with E-state index in [-0.39, 0.29) is 17.5 Å². The highest BCUT2D eigenvalue weighted by Crippen LogP contribution is 2.36. The summed E-state index contributed by atoms with van der Waals surface area (Å²) in [4.78, 5) is 9.09. The van der Waals surface area contributed by atoms with E-state index < -0.39 is 9.84 Å². The Morgan fingerprint density at radius 3 is 2.56 bits per heavy atom. The average Bonchev–Trinajstić information content (AvgIpc) is 3.36. The Labute approximate surface area is 187 Å². The summed E-state index contributed by atoms with van der Waals surface area (Å²) in [6.45, 7) is 2.57. The zero-order valence-electron chi connectivity index (χ0n) is 17.7. The van der Waals surface area contributed by atoms with Crippen molar-refractivity contribution in [3.63, 3.8) is 0 Å². The number of rotatable bonds is 6. The van der Waals surface area contributed by atoms with Crippen LogP contribution >= 0.6 is 0 Å². The Morgan fingerprint density at radius 1 is 1.09 bits per heavy atom. The number of ether oxygens (including phenoxy) is 1. The van der Waals surface area contributed by atoms with E-state index >= 15 is 0 Å². The van der Waals surface area contributed by atoms with Crippen molar-refractivity contribution in [2.75, 3.05) is 23.4 Å². The highest BCUT2D eigenvalue weighted by Gasteiger charge is 2.29. The lowest BCUT2D eigenvalue weighted by atomic mass is 10.1. The van der Waals surface area contributed by atoms with Crippen LogP contribution in [0.5, 0.6) is 5.75 Å². The Hall–Kier alpha value is -3.39. The van der Waals surface area contributed by atoms with Crippen LogP contribution in [0.4, 0.5) is 5.82 Å². The fourth-order valence-electron chi connectivity index (χ4n) is 4.18. The summed E-state index contributed by atoms with van der Waals surface area (Å²) in [6, 6.07) is 17.8. The number of fused-ring (bicyclic) bond motifs is 1. The number of nitrogens with one attached hydrogen (secondary N) is 1. The highest BCUT2D eigenvalue weighted by atomic mass is 32.2. The predicted octanol–water partition coefficient (Wildman–Crippen LogP) is 4.09. The summed E-state index contributed by atoms with van der Waals surface area (Å²) < 4.78 is 31.5. The van der Waals surface area contributed by atoms with E-state index in [2.05, 4.69) is 21.5 Å². The molecule has 3 heterocycles. The molecule has 1 aliphatic rings. The molecule has 164 valence electrons. The second-order valence-electron chi connectivity index (χ2n) is 7.87. The molecule has 1 atom stereocenters. The van der Waals surface area contributed by atoms with Gasteiger partial charge in [0.2, 0.25) is 0 Å². The first-order chi connectivity index (χ1) is 15.5. The van der Waals surface area contributed by atoms with Gasteiger partial charge >= 0.3 is 0 Å². The molecule has 1 aliphatic heterocycles. The zero-order chi connectivity index (χ0) is 22.1. The summed E-state index contributed by atoms with van der Waals surface area (Å²) in [5, 5.41) is 4.25. The molecule has 0 unspecified atom stereocenters. The first-order valence-electron chi connectivity index (χ1n) is 10.7. The van der Waals surface area contributed by atoms with E-state index in [9.17, 15) is 8.42 Å². The molecular weight excluding hydrogens is 424 g/mol. The van der Waals surface area contributed by atoms with Crippen LogP contribution in [0.15, 0.2) is 67.1 Å². The monoisotopic (exact) mass is 448 g/mol. The van der Waals surface area contributed by atoms with Gasteiger partial charge in [0.1, 0.15) is 17.9 Å². The van der Waals surface area contributed by atoms with E-state index in [0.29, 0.717) is 18.8 Å². The number of anilines is 1. The minimum atomic E-state index is -3.00. The van der Waals surface area contributed by atoms with Gasteiger partial charge in [0.15, 0.2) is 15.5 Å². The Bertz CT molecular complexity index is 1350. The average molecular weight is 449 g/mol. The van der Waals surface area contributed by atoms with Gasteiger partial charge in [0, 0.05) is 23.5 Å². The molecule has 0 amide bonds. The molecule has 2 aromatic heterocycles. The summed E-state index contributed by atoms with van der Waals surface area (Å²) in [7, 11) is -3.00. The van der Waals surface area contributed by atoms with Gasteiger partial charge in [0.05, 0.1) is 23.5 Å². The van der Waals surface area contributed by atoms with Gasteiger partial charge in [-0.1, -0.05) is 30.3 Å². The van der Waals surface area contributed by atoms with Crippen molar-refractivity contribution in [2.45, 2.75) is 19.4 Å². The molecule has 8 heteroatoms. The van der Waals surface area contributed by atoms with Crippen molar-refractivity contribution < 1.29 is 13.2 Å². The van der Waals surface area contributed by atoms with E-state index in [4.69, 9.17) is 4.74 Å². The van der Waals surface area contributed by atoms with Crippen molar-refractivity contribution >= 4 is 26.7 Å². The van der Waals surface area contributed by atoms with Crippen LogP contribution < -0.4 is 10.1 Å². The molecule has 2 aromatic carbocycles. The maximum atomic E-state index is 12.0. The van der Waals surface area contributed by atoms with Gasteiger partial charge < -0.3 is 14.6 Å². The summed E-state index contributed by atoms with van der Waals surface area (Å²) in [5.41, 5.74) is 3.73. The molecule has 1 saturated heterocycles. The zero-order valence-corrected chi connectivity index (χ0v) is 18.5. The molecule has 32 heavy (non-hydrogen) atoms. The smallest absolute Gasteiger partial charge is 0.152 e. The Morgan fingerprint density at radius 2 is 1.88 bits per heavy atom. The number of nitrogens with zero attached hydrogens (tertiary/aromatic N) is 3. The second-order valence-corrected chi connectivity index (χ2v) is 10.1. The lowest BCUT2D eigenvalue weighted by molar-refractivity contribution is 0.340. The molecule has 1 N–H and O–H groups in total. The van der Waals surface area contributed by atoms with E-state index in [0.717, 1.165) is 33.6 Å². The minimum absolute atomic E-state index is 0.124. The van der Waals surface area contributed by atoms with Gasteiger partial charge in [-0.05, 0) is 43.2 Å². The largest absolute Gasteiger partial charge is 0.494 e. The van der Waals surface area contributed by atoms with Gasteiger partial charge in [-0.3, -0.25) is 0 Å². The summed E-state index contributed by atoms with van der Waals surface area (Å²) in [5.74, 6) is 1.80. The van der Waals surface area contributed by atoms with E-state index in [1.165, 1.54) is 6.33 Å². The second kappa shape index (κ2) is 8.27. The van der Waals surface area contributed by atoms with Crippen molar-refractivity contribution in [1.82, 2.24) is 14.5 Å². The third-order valence-electron chi connectivity index (χ3n) is 5.67. The first-order valence-corrected chi connectivity index (χ1v) is 12.5. The van der Waals surface area contributed by atoms with Crippen molar-refractivity contribution in [3.8, 4) is 22.6 Å². The third kappa shape index (κ3) is 3.93. The van der Waals surface area contributed by atoms with Crippen LogP contribution in [-0.2, 0) is 9.84 Å². The maximum absolute atomic E-state index is 12.0. The topological polar surface area (TPSA) is 86.1 Å². The van der Waals surface area contributed by atoms with Gasteiger partial charge in [-0.2, -0.15) is 0 Å². The number of sulfone groups is 1. The van der Waals surface area contributed by atoms with Crippen molar-refractivity contribution in [2.24, 2.45) is 0 Å². The Kier molecular flexibility index (Phi) is 5.30. The molecule has 0 radical (unpaired) electrons. The first kappa shape index (κ1) is 20.5. The van der Waals surface area contributed by atoms with Crippen LogP contribution in [0.1, 0.15) is 13.3 Å². The molecular formula is C24H24N4O3S.